The van der Waals surface area contributed by atoms with Crippen LogP contribution in [0.5, 0.6) is 0 Å². The van der Waals surface area contributed by atoms with Gasteiger partial charge in [-0.25, -0.2) is 9.59 Å². The third kappa shape index (κ3) is 43.9. The Morgan fingerprint density at radius 1 is 0.413 bits per heavy atom. The Bertz CT molecular complexity index is 2640. The molecule has 6 rings (SSSR count). The van der Waals surface area contributed by atoms with Crippen molar-refractivity contribution < 1.29 is 88.7 Å². The second-order valence-electron chi connectivity index (χ2n) is 27.0. The van der Waals surface area contributed by atoms with Crippen LogP contribution in [0.15, 0.2) is 109 Å². The standard InChI is InChI=1S/C21H29NO5.C21H29NO4S.C19H33NO5.C19H33NO4S/c2*23-19(15-17-7-2-1-3-8-17)12-11-18-9-6-10-20(24)22(18)13-4-5-14-27-16-21(25)26;2*1-2-3-4-9-17(21)12-11-16-8-7-10-18(22)20(16)13-5-6-14-25-15-19(23)24/h2*1-3,7-8,11-12,18-19,23H,4-6,9-10,13-16H2,(H,25,26);2*11-12,16-17,21H,2-10,13-15H2,1H3,(H,23,24)/t2*18-,19?;2*16-,17?/m1111/s1. The molecule has 4 fully saturated rings. The van der Waals surface area contributed by atoms with Crippen LogP contribution in [0.3, 0.4) is 0 Å². The van der Waals surface area contributed by atoms with Gasteiger partial charge in [-0.2, -0.15) is 23.5 Å². The smallest absolute Gasteiger partial charge is 0.329 e. The monoisotopic (exact) mass is 1490 g/mol. The number of carboxylic acid groups (broad SMARTS) is 4. The number of aliphatic hydroxyl groups excluding tert-OH is 4. The molecule has 0 spiro atoms. The van der Waals surface area contributed by atoms with E-state index >= 15 is 0 Å². The van der Waals surface area contributed by atoms with E-state index in [1.807, 2.05) is 123 Å². The minimum Gasteiger partial charge on any atom is -0.481 e. The molecule has 8 atom stereocenters. The lowest BCUT2D eigenvalue weighted by molar-refractivity contribution is -0.143. The molecular weight excluding hydrogens is 1370 g/mol. The van der Waals surface area contributed by atoms with Gasteiger partial charge in [-0.05, 0) is 138 Å². The maximum absolute atomic E-state index is 12.3. The number of piperidine rings is 4. The number of hydrogen-bond acceptors (Lipinski definition) is 16. The SMILES string of the molecule is CCCCCC(O)C=C[C@H]1CCCC(=O)N1CCCCOCC(=O)O.CCCCCC(O)C=C[C@H]1CCCC(=O)N1CCCCSCC(=O)O.O=C(O)COCCCCN1C(=O)CCC[C@@H]1C=CC(O)Cc1ccccc1.O=C(O)CSCCCCN1C(=O)CCC[C@@H]1C=CC(O)Cc1ccccc1. The fourth-order valence-electron chi connectivity index (χ4n) is 12.6. The fourth-order valence-corrected chi connectivity index (χ4v) is 14.1. The second-order valence-corrected chi connectivity index (χ2v) is 29.2. The Hall–Kier alpha value is -6.38. The van der Waals surface area contributed by atoms with Crippen LogP contribution in [0, 0.1) is 0 Å². The van der Waals surface area contributed by atoms with Gasteiger partial charge in [0.05, 0.1) is 60.1 Å². The van der Waals surface area contributed by atoms with E-state index in [-0.39, 0.29) is 72.5 Å². The van der Waals surface area contributed by atoms with Gasteiger partial charge in [0.25, 0.3) is 0 Å². The van der Waals surface area contributed by atoms with E-state index in [2.05, 4.69) is 13.8 Å². The van der Waals surface area contributed by atoms with Gasteiger partial charge < -0.3 is 69.9 Å². The van der Waals surface area contributed by atoms with E-state index < -0.39 is 48.3 Å². The van der Waals surface area contributed by atoms with Crippen LogP contribution in [-0.4, -0.2) is 232 Å². The van der Waals surface area contributed by atoms with E-state index in [4.69, 9.17) is 29.9 Å². The van der Waals surface area contributed by atoms with Crippen molar-refractivity contribution in [3.63, 3.8) is 0 Å². The number of thioether (sulfide) groups is 2. The predicted octanol–water partition coefficient (Wildman–Crippen LogP) is 11.7. The maximum atomic E-state index is 12.3. The highest BCUT2D eigenvalue weighted by Crippen LogP contribution is 2.25. The zero-order chi connectivity index (χ0) is 76.0. The molecule has 104 heavy (non-hydrogen) atoms. The van der Waals surface area contributed by atoms with Crippen LogP contribution in [-0.2, 0) is 60.7 Å². The van der Waals surface area contributed by atoms with Crippen molar-refractivity contribution in [1.82, 2.24) is 19.6 Å². The summed E-state index contributed by atoms with van der Waals surface area (Å²) < 4.78 is 10.0. The summed E-state index contributed by atoms with van der Waals surface area (Å²) in [7, 11) is 0. The first kappa shape index (κ1) is 91.8. The maximum Gasteiger partial charge on any atom is 0.329 e. The molecule has 2 aromatic rings. The number of carbonyl (C=O) groups is 8. The molecule has 22 nitrogen and oxygen atoms in total. The normalized spacial score (nSPS) is 19.1. The van der Waals surface area contributed by atoms with E-state index in [1.165, 1.54) is 23.5 Å². The summed E-state index contributed by atoms with van der Waals surface area (Å²) in [5.74, 6) is -0.954. The third-order valence-electron chi connectivity index (χ3n) is 18.1. The Morgan fingerprint density at radius 3 is 1.00 bits per heavy atom. The first-order valence-electron chi connectivity index (χ1n) is 38.1. The lowest BCUT2D eigenvalue weighted by atomic mass is 9.99. The summed E-state index contributed by atoms with van der Waals surface area (Å²) >= 11 is 2.84. The number of aliphatic carboxylic acids is 4. The number of nitrogens with zero attached hydrogens (tertiary/aromatic N) is 4. The molecule has 4 saturated heterocycles. The number of carbonyl (C=O) groups excluding carboxylic acids is 4. The van der Waals surface area contributed by atoms with Crippen molar-refractivity contribution >= 4 is 71.0 Å². The van der Waals surface area contributed by atoms with Gasteiger partial charge in [0.2, 0.25) is 23.6 Å². The molecule has 24 heteroatoms. The first-order chi connectivity index (χ1) is 50.2. The van der Waals surface area contributed by atoms with Crippen molar-refractivity contribution in [2.45, 2.75) is 255 Å². The van der Waals surface area contributed by atoms with Crippen LogP contribution in [0.4, 0.5) is 0 Å². The van der Waals surface area contributed by atoms with Crippen LogP contribution >= 0.6 is 23.5 Å². The summed E-state index contributed by atoms with van der Waals surface area (Å²) in [5.41, 5.74) is 2.16. The van der Waals surface area contributed by atoms with Gasteiger partial charge in [0, 0.05) is 77.9 Å². The minimum atomic E-state index is -0.972. The molecule has 4 unspecified atom stereocenters. The van der Waals surface area contributed by atoms with Crippen LogP contribution in [0.2, 0.25) is 0 Å². The van der Waals surface area contributed by atoms with E-state index in [9.17, 15) is 58.8 Å². The predicted molar refractivity (Wildman–Crippen MR) is 410 cm³/mol. The molecule has 0 saturated carbocycles. The number of likely N-dealkylation sites (tertiary alicyclic amines) is 4. The van der Waals surface area contributed by atoms with Crippen LogP contribution < -0.4 is 0 Å². The lowest BCUT2D eigenvalue weighted by Gasteiger charge is -2.34. The number of hydrogen-bond donors (Lipinski definition) is 8. The summed E-state index contributed by atoms with van der Waals surface area (Å²) in [4.78, 5) is 98.3. The number of aliphatic hydroxyl groups is 4. The average molecular weight is 1490 g/mol. The van der Waals surface area contributed by atoms with Crippen molar-refractivity contribution in [3.8, 4) is 0 Å². The Morgan fingerprint density at radius 2 is 0.712 bits per heavy atom. The van der Waals surface area contributed by atoms with E-state index in [1.54, 1.807) is 6.08 Å². The minimum absolute atomic E-state index is 0.0108. The van der Waals surface area contributed by atoms with E-state index in [0.717, 1.165) is 170 Å². The molecule has 0 radical (unpaired) electrons. The fraction of sp³-hybridized carbons (Fsp3) is 0.650. The van der Waals surface area contributed by atoms with Crippen molar-refractivity contribution in [2.75, 3.05) is 75.6 Å². The molecule has 8 N–H and O–H groups in total. The van der Waals surface area contributed by atoms with Crippen molar-refractivity contribution in [3.05, 3.63) is 120 Å². The van der Waals surface area contributed by atoms with Crippen LogP contribution in [0.25, 0.3) is 0 Å². The average Bonchev–Trinajstić information content (AvgIpc) is 0.877. The Labute approximate surface area is 627 Å². The van der Waals surface area contributed by atoms with Crippen molar-refractivity contribution in [2.24, 2.45) is 0 Å². The third-order valence-corrected chi connectivity index (χ3v) is 20.2. The highest BCUT2D eigenvalue weighted by molar-refractivity contribution is 8.00. The molecule has 0 aliphatic carbocycles. The summed E-state index contributed by atoms with van der Waals surface area (Å²) in [6, 6.07) is 19.9. The number of carboxylic acids is 4. The lowest BCUT2D eigenvalue weighted by Crippen LogP contribution is -2.43. The molecule has 584 valence electrons. The summed E-state index contributed by atoms with van der Waals surface area (Å²) in [5, 5.41) is 74.9. The molecule has 4 heterocycles. The van der Waals surface area contributed by atoms with Gasteiger partial charge >= 0.3 is 23.9 Å². The Kier molecular flexibility index (Phi) is 51.0. The Balaban J connectivity index is 0.000000360. The molecule has 4 aliphatic heterocycles. The van der Waals surface area contributed by atoms with Gasteiger partial charge in [0.1, 0.15) is 13.2 Å². The topological polar surface area (TPSA) is 330 Å². The molecule has 2 aromatic carbocycles. The highest BCUT2D eigenvalue weighted by atomic mass is 32.2. The largest absolute Gasteiger partial charge is 0.481 e. The second kappa shape index (κ2) is 57.8. The van der Waals surface area contributed by atoms with Gasteiger partial charge in [-0.3, -0.25) is 28.8 Å². The number of amides is 4. The summed E-state index contributed by atoms with van der Waals surface area (Å²) in [6.45, 7) is 7.18. The number of unbranched alkanes of at least 4 members (excludes halogenated alkanes) is 8. The first-order valence-corrected chi connectivity index (χ1v) is 40.4. The number of ether oxygens (including phenoxy) is 2. The number of rotatable bonds is 48. The zero-order valence-electron chi connectivity index (χ0n) is 62.0. The number of benzene rings is 2. The quantitative estimate of drug-likeness (QED) is 0.0225. The molecule has 0 aromatic heterocycles. The van der Waals surface area contributed by atoms with Crippen LogP contribution in [0.1, 0.15) is 205 Å². The van der Waals surface area contributed by atoms with Gasteiger partial charge in [-0.1, -0.05) is 162 Å². The highest BCUT2D eigenvalue weighted by Gasteiger charge is 2.30. The molecule has 0 bridgehead atoms. The molecule has 4 aliphatic rings. The van der Waals surface area contributed by atoms with Gasteiger partial charge in [-0.15, -0.1) is 0 Å². The zero-order valence-corrected chi connectivity index (χ0v) is 63.6. The van der Waals surface area contributed by atoms with Crippen molar-refractivity contribution in [1.29, 1.82) is 0 Å². The van der Waals surface area contributed by atoms with E-state index in [0.29, 0.717) is 84.3 Å². The molecular formula is C80H124N4O18S2. The summed E-state index contributed by atoms with van der Waals surface area (Å²) in [6.07, 6.45) is 38.7. The van der Waals surface area contributed by atoms with Gasteiger partial charge in [0.15, 0.2) is 0 Å². The molecule has 4 amide bonds.